The van der Waals surface area contributed by atoms with Gasteiger partial charge in [0.05, 0.1) is 16.1 Å². The monoisotopic (exact) mass is 287 g/mol. The minimum Gasteiger partial charge on any atom is -0.392 e. The van der Waals surface area contributed by atoms with Gasteiger partial charge in [-0.2, -0.15) is 0 Å². The number of carbonyl (C=O) groups is 1. The number of amides is 1. The van der Waals surface area contributed by atoms with Crippen LogP contribution in [0.3, 0.4) is 0 Å². The molecule has 0 radical (unpaired) electrons. The zero-order valence-electron chi connectivity index (χ0n) is 10.2. The number of carbonyl (C=O) groups excluding carboxylic acids is 1. The lowest BCUT2D eigenvalue weighted by molar-refractivity contribution is -0.125. The molecule has 0 fully saturated rings. The Labute approximate surface area is 117 Å². The van der Waals surface area contributed by atoms with Crippen LogP contribution in [-0.4, -0.2) is 35.6 Å². The van der Waals surface area contributed by atoms with Crippen LogP contribution < -0.4 is 0 Å². The van der Waals surface area contributed by atoms with E-state index in [0.717, 1.165) is 5.56 Å². The van der Waals surface area contributed by atoms with Crippen molar-refractivity contribution in [3.05, 3.63) is 39.9 Å². The lowest BCUT2D eigenvalue weighted by Crippen LogP contribution is -2.31. The third kappa shape index (κ3) is 4.69. The van der Waals surface area contributed by atoms with Crippen molar-refractivity contribution in [1.29, 1.82) is 0 Å². The summed E-state index contributed by atoms with van der Waals surface area (Å²) >= 11 is 11.7. The van der Waals surface area contributed by atoms with E-state index in [1.54, 1.807) is 38.2 Å². The van der Waals surface area contributed by atoms with Gasteiger partial charge in [0.25, 0.3) is 0 Å². The largest absolute Gasteiger partial charge is 0.392 e. The summed E-state index contributed by atoms with van der Waals surface area (Å²) in [5.41, 5.74) is 0.795. The van der Waals surface area contributed by atoms with E-state index in [4.69, 9.17) is 23.2 Å². The Morgan fingerprint density at radius 1 is 1.44 bits per heavy atom. The average molecular weight is 288 g/mol. The zero-order chi connectivity index (χ0) is 13.7. The van der Waals surface area contributed by atoms with Crippen LogP contribution in [0.4, 0.5) is 0 Å². The van der Waals surface area contributed by atoms with Crippen molar-refractivity contribution < 1.29 is 9.90 Å². The molecule has 18 heavy (non-hydrogen) atoms. The van der Waals surface area contributed by atoms with Crippen LogP contribution in [0.15, 0.2) is 24.3 Å². The van der Waals surface area contributed by atoms with Gasteiger partial charge in [0, 0.05) is 19.7 Å². The van der Waals surface area contributed by atoms with E-state index in [9.17, 15) is 9.90 Å². The Hall–Kier alpha value is -1.03. The van der Waals surface area contributed by atoms with Crippen molar-refractivity contribution in [3.8, 4) is 0 Å². The number of benzene rings is 1. The molecule has 1 atom stereocenters. The van der Waals surface area contributed by atoms with Gasteiger partial charge >= 0.3 is 0 Å². The van der Waals surface area contributed by atoms with Crippen LogP contribution in [0.2, 0.25) is 10.0 Å². The summed E-state index contributed by atoms with van der Waals surface area (Å²) in [7, 11) is 1.63. The number of rotatable bonds is 4. The summed E-state index contributed by atoms with van der Waals surface area (Å²) in [6.07, 6.45) is 2.54. The summed E-state index contributed by atoms with van der Waals surface area (Å²) < 4.78 is 0. The van der Waals surface area contributed by atoms with E-state index in [-0.39, 0.29) is 5.91 Å². The Morgan fingerprint density at radius 3 is 2.67 bits per heavy atom. The van der Waals surface area contributed by atoms with Crippen molar-refractivity contribution >= 4 is 35.2 Å². The Balaban J connectivity index is 2.68. The van der Waals surface area contributed by atoms with Crippen molar-refractivity contribution in [2.75, 3.05) is 13.6 Å². The highest BCUT2D eigenvalue weighted by Gasteiger charge is 2.07. The molecule has 1 aromatic carbocycles. The molecule has 1 N–H and O–H groups in total. The molecule has 1 unspecified atom stereocenters. The lowest BCUT2D eigenvalue weighted by atomic mass is 10.2. The van der Waals surface area contributed by atoms with Gasteiger partial charge in [-0.25, -0.2) is 0 Å². The van der Waals surface area contributed by atoms with Crippen molar-refractivity contribution in [2.45, 2.75) is 13.0 Å². The van der Waals surface area contributed by atoms with Crippen LogP contribution in [0.25, 0.3) is 6.08 Å². The third-order valence-electron chi connectivity index (χ3n) is 2.28. The number of aliphatic hydroxyl groups is 1. The molecule has 0 heterocycles. The van der Waals surface area contributed by atoms with Gasteiger partial charge in [0.2, 0.25) is 5.91 Å². The summed E-state index contributed by atoms with van der Waals surface area (Å²) in [6.45, 7) is 1.93. The smallest absolute Gasteiger partial charge is 0.246 e. The fourth-order valence-corrected chi connectivity index (χ4v) is 1.70. The number of halogens is 2. The van der Waals surface area contributed by atoms with E-state index in [2.05, 4.69) is 0 Å². The molecule has 0 saturated heterocycles. The third-order valence-corrected chi connectivity index (χ3v) is 3.02. The minimum absolute atomic E-state index is 0.179. The molecule has 0 aliphatic carbocycles. The van der Waals surface area contributed by atoms with Gasteiger partial charge in [-0.1, -0.05) is 29.3 Å². The summed E-state index contributed by atoms with van der Waals surface area (Å²) in [5, 5.41) is 10.1. The van der Waals surface area contributed by atoms with E-state index in [1.807, 2.05) is 0 Å². The zero-order valence-corrected chi connectivity index (χ0v) is 11.7. The molecule has 5 heteroatoms. The Morgan fingerprint density at radius 2 is 2.11 bits per heavy atom. The first-order valence-corrected chi connectivity index (χ1v) is 6.22. The second-order valence-corrected chi connectivity index (χ2v) is 4.89. The standard InChI is InChI=1S/C13H15Cl2NO2/c1-9(17)8-16(2)13(18)6-4-10-3-5-11(14)12(15)7-10/h3-7,9,17H,8H2,1-2H3. The van der Waals surface area contributed by atoms with Crippen molar-refractivity contribution in [2.24, 2.45) is 0 Å². The summed E-state index contributed by atoms with van der Waals surface area (Å²) in [4.78, 5) is 13.1. The quantitative estimate of drug-likeness (QED) is 0.865. The normalized spacial score (nSPS) is 12.7. The van der Waals surface area contributed by atoms with Gasteiger partial charge in [-0.15, -0.1) is 0 Å². The maximum Gasteiger partial charge on any atom is 0.246 e. The molecule has 1 amide bonds. The highest BCUT2D eigenvalue weighted by molar-refractivity contribution is 6.42. The van der Waals surface area contributed by atoms with Crippen LogP contribution in [-0.2, 0) is 4.79 Å². The fourth-order valence-electron chi connectivity index (χ4n) is 1.40. The van der Waals surface area contributed by atoms with E-state index in [0.29, 0.717) is 16.6 Å². The van der Waals surface area contributed by atoms with E-state index < -0.39 is 6.10 Å². The Kier molecular flexibility index (Phi) is 5.66. The first-order chi connectivity index (χ1) is 8.40. The predicted molar refractivity (Wildman–Crippen MR) is 74.8 cm³/mol. The second-order valence-electron chi connectivity index (χ2n) is 4.07. The molecule has 0 saturated carbocycles. The van der Waals surface area contributed by atoms with Crippen LogP contribution >= 0.6 is 23.2 Å². The highest BCUT2D eigenvalue weighted by Crippen LogP contribution is 2.23. The van der Waals surface area contributed by atoms with Crippen molar-refractivity contribution in [1.82, 2.24) is 4.90 Å². The number of hydrogen-bond donors (Lipinski definition) is 1. The summed E-state index contributed by atoms with van der Waals surface area (Å²) in [5.74, 6) is -0.179. The molecule has 0 bridgehead atoms. The molecule has 0 aliphatic rings. The SMILES string of the molecule is CC(O)CN(C)C(=O)C=Cc1ccc(Cl)c(Cl)c1. The molecular weight excluding hydrogens is 273 g/mol. The Bertz CT molecular complexity index is 458. The fraction of sp³-hybridized carbons (Fsp3) is 0.308. The minimum atomic E-state index is -0.544. The molecule has 0 aromatic heterocycles. The maximum atomic E-state index is 11.7. The number of aliphatic hydroxyl groups excluding tert-OH is 1. The van der Waals surface area contributed by atoms with Gasteiger partial charge < -0.3 is 10.0 Å². The summed E-state index contributed by atoms with van der Waals surface area (Å²) in [6, 6.07) is 5.13. The average Bonchev–Trinajstić information content (AvgIpc) is 2.29. The van der Waals surface area contributed by atoms with Crippen LogP contribution in [0.1, 0.15) is 12.5 Å². The van der Waals surface area contributed by atoms with Gasteiger partial charge in [0.15, 0.2) is 0 Å². The second kappa shape index (κ2) is 6.78. The molecule has 98 valence electrons. The first-order valence-electron chi connectivity index (χ1n) is 5.46. The molecule has 3 nitrogen and oxygen atoms in total. The molecular formula is C13H15Cl2NO2. The molecule has 0 aliphatic heterocycles. The predicted octanol–water partition coefficient (Wildman–Crippen LogP) is 2.85. The topological polar surface area (TPSA) is 40.5 Å². The molecule has 0 spiro atoms. The van der Waals surface area contributed by atoms with Gasteiger partial charge in [-0.3, -0.25) is 4.79 Å². The molecule has 1 aromatic rings. The number of likely N-dealkylation sites (N-methyl/N-ethyl adjacent to an activating group) is 1. The highest BCUT2D eigenvalue weighted by atomic mass is 35.5. The van der Waals surface area contributed by atoms with Gasteiger partial charge in [-0.05, 0) is 30.7 Å². The van der Waals surface area contributed by atoms with Gasteiger partial charge in [0.1, 0.15) is 0 Å². The van der Waals surface area contributed by atoms with E-state index in [1.165, 1.54) is 11.0 Å². The van der Waals surface area contributed by atoms with Crippen molar-refractivity contribution in [3.63, 3.8) is 0 Å². The lowest BCUT2D eigenvalue weighted by Gasteiger charge is -2.16. The van der Waals surface area contributed by atoms with E-state index >= 15 is 0 Å². The van der Waals surface area contributed by atoms with Crippen LogP contribution in [0.5, 0.6) is 0 Å². The first kappa shape index (κ1) is 15.0. The maximum absolute atomic E-state index is 11.7. The van der Waals surface area contributed by atoms with Crippen LogP contribution in [0, 0.1) is 0 Å². The molecule has 1 rings (SSSR count). The number of hydrogen-bond acceptors (Lipinski definition) is 2. The number of nitrogens with zero attached hydrogens (tertiary/aromatic N) is 1.